The van der Waals surface area contributed by atoms with Gasteiger partial charge in [0.2, 0.25) is 0 Å². The average molecular weight is 258 g/mol. The van der Waals surface area contributed by atoms with E-state index in [9.17, 15) is 4.79 Å². The van der Waals surface area contributed by atoms with Gasteiger partial charge >= 0.3 is 5.97 Å². The van der Waals surface area contributed by atoms with Crippen LogP contribution in [-0.2, 0) is 4.79 Å². The Morgan fingerprint density at radius 3 is 2.84 bits per heavy atom. The van der Waals surface area contributed by atoms with Crippen LogP contribution in [0.2, 0.25) is 0 Å². The van der Waals surface area contributed by atoms with Crippen LogP contribution >= 0.6 is 0 Å². The van der Waals surface area contributed by atoms with Crippen LogP contribution in [0.4, 0.5) is 5.69 Å². The predicted octanol–water partition coefficient (Wildman–Crippen LogP) is 2.64. The van der Waals surface area contributed by atoms with Gasteiger partial charge < -0.3 is 10.0 Å². The zero-order valence-electron chi connectivity index (χ0n) is 11.3. The Morgan fingerprint density at radius 2 is 2.26 bits per heavy atom. The highest BCUT2D eigenvalue weighted by atomic mass is 16.4. The fourth-order valence-corrected chi connectivity index (χ4v) is 2.84. The Kier molecular flexibility index (Phi) is 3.48. The van der Waals surface area contributed by atoms with Crippen molar-refractivity contribution in [3.63, 3.8) is 0 Å². The van der Waals surface area contributed by atoms with Crippen LogP contribution in [0.15, 0.2) is 24.3 Å². The number of piperidine rings is 1. The first-order valence-electron chi connectivity index (χ1n) is 6.44. The number of nitrogens with zero attached hydrogens (tertiary/aromatic N) is 2. The smallest absolute Gasteiger partial charge is 0.306 e. The molecule has 2 rings (SSSR count). The van der Waals surface area contributed by atoms with Crippen LogP contribution in [0, 0.1) is 17.2 Å². The summed E-state index contributed by atoms with van der Waals surface area (Å²) in [6.45, 7) is 4.82. The van der Waals surface area contributed by atoms with Crippen LogP contribution in [0.3, 0.4) is 0 Å². The van der Waals surface area contributed by atoms with Gasteiger partial charge in [0.05, 0.1) is 17.6 Å². The fraction of sp³-hybridized carbons (Fsp3) is 0.467. The van der Waals surface area contributed by atoms with Crippen molar-refractivity contribution < 1.29 is 9.90 Å². The number of carbonyl (C=O) groups is 1. The summed E-state index contributed by atoms with van der Waals surface area (Å²) in [4.78, 5) is 13.3. The van der Waals surface area contributed by atoms with Crippen molar-refractivity contribution >= 4 is 11.7 Å². The molecule has 1 N–H and O–H groups in total. The summed E-state index contributed by atoms with van der Waals surface area (Å²) in [6.07, 6.45) is 1.27. The SMILES string of the molecule is CC1(C)CC(C(=O)O)CCN1c1cccc(C#N)c1. The summed E-state index contributed by atoms with van der Waals surface area (Å²) in [6, 6.07) is 9.63. The van der Waals surface area contributed by atoms with E-state index in [1.165, 1.54) is 0 Å². The van der Waals surface area contributed by atoms with Gasteiger partial charge in [-0.2, -0.15) is 5.26 Å². The highest BCUT2D eigenvalue weighted by Gasteiger charge is 2.37. The van der Waals surface area contributed by atoms with E-state index in [4.69, 9.17) is 10.4 Å². The minimum atomic E-state index is -0.710. The second-order valence-electron chi connectivity index (χ2n) is 5.65. The molecule has 0 radical (unpaired) electrons. The van der Waals surface area contributed by atoms with Crippen LogP contribution in [-0.4, -0.2) is 23.2 Å². The summed E-state index contributed by atoms with van der Waals surface area (Å²) in [5.41, 5.74) is 1.41. The molecule has 1 unspecified atom stereocenters. The zero-order valence-corrected chi connectivity index (χ0v) is 11.3. The van der Waals surface area contributed by atoms with Gasteiger partial charge in [0.1, 0.15) is 0 Å². The minimum absolute atomic E-state index is 0.213. The van der Waals surface area contributed by atoms with Crippen molar-refractivity contribution in [3.05, 3.63) is 29.8 Å². The number of nitriles is 1. The zero-order chi connectivity index (χ0) is 14.0. The average Bonchev–Trinajstić information content (AvgIpc) is 2.37. The van der Waals surface area contributed by atoms with E-state index in [1.54, 1.807) is 6.07 Å². The summed E-state index contributed by atoms with van der Waals surface area (Å²) >= 11 is 0. The molecule has 0 saturated carbocycles. The molecule has 100 valence electrons. The van der Waals surface area contributed by atoms with Crippen LogP contribution in [0.1, 0.15) is 32.3 Å². The van der Waals surface area contributed by atoms with E-state index >= 15 is 0 Å². The summed E-state index contributed by atoms with van der Waals surface area (Å²) in [7, 11) is 0. The van der Waals surface area contributed by atoms with Crippen LogP contribution in [0.5, 0.6) is 0 Å². The number of rotatable bonds is 2. The fourth-order valence-electron chi connectivity index (χ4n) is 2.84. The van der Waals surface area contributed by atoms with Crippen molar-refractivity contribution in [2.24, 2.45) is 5.92 Å². The van der Waals surface area contributed by atoms with Crippen molar-refractivity contribution in [1.82, 2.24) is 0 Å². The summed E-state index contributed by atoms with van der Waals surface area (Å²) in [5, 5.41) is 18.1. The third kappa shape index (κ3) is 2.70. The summed E-state index contributed by atoms with van der Waals surface area (Å²) in [5.74, 6) is -0.982. The maximum atomic E-state index is 11.1. The van der Waals surface area contributed by atoms with Crippen molar-refractivity contribution in [2.45, 2.75) is 32.2 Å². The first-order chi connectivity index (χ1) is 8.94. The maximum Gasteiger partial charge on any atom is 0.306 e. The number of carboxylic acid groups (broad SMARTS) is 1. The monoisotopic (exact) mass is 258 g/mol. The molecular formula is C15H18N2O2. The minimum Gasteiger partial charge on any atom is -0.481 e. The van der Waals surface area contributed by atoms with Gasteiger partial charge in [-0.3, -0.25) is 4.79 Å². The highest BCUT2D eigenvalue weighted by molar-refractivity contribution is 5.71. The molecule has 1 aromatic rings. The van der Waals surface area contributed by atoms with Gasteiger partial charge in [-0.05, 0) is 44.9 Å². The molecule has 1 heterocycles. The lowest BCUT2D eigenvalue weighted by Gasteiger charge is -2.46. The molecule has 0 aliphatic carbocycles. The van der Waals surface area contributed by atoms with Gasteiger partial charge in [0.25, 0.3) is 0 Å². The molecule has 0 amide bonds. The largest absolute Gasteiger partial charge is 0.481 e. The van der Waals surface area contributed by atoms with E-state index in [0.717, 1.165) is 5.69 Å². The van der Waals surface area contributed by atoms with Gasteiger partial charge in [-0.25, -0.2) is 0 Å². The predicted molar refractivity (Wildman–Crippen MR) is 72.9 cm³/mol. The number of benzene rings is 1. The van der Waals surface area contributed by atoms with Crippen molar-refractivity contribution in [3.8, 4) is 6.07 Å². The Balaban J connectivity index is 2.26. The quantitative estimate of drug-likeness (QED) is 0.885. The summed E-state index contributed by atoms with van der Waals surface area (Å²) < 4.78 is 0. The number of hydrogen-bond donors (Lipinski definition) is 1. The van der Waals surface area contributed by atoms with E-state index in [2.05, 4.69) is 24.8 Å². The normalized spacial score (nSPS) is 21.7. The number of carboxylic acids is 1. The van der Waals surface area contributed by atoms with Crippen LogP contribution < -0.4 is 4.90 Å². The van der Waals surface area contributed by atoms with E-state index in [-0.39, 0.29) is 11.5 Å². The molecule has 0 bridgehead atoms. The topological polar surface area (TPSA) is 64.3 Å². The maximum absolute atomic E-state index is 11.1. The second-order valence-corrected chi connectivity index (χ2v) is 5.65. The molecule has 1 aromatic carbocycles. The first kappa shape index (κ1) is 13.4. The third-order valence-electron chi connectivity index (χ3n) is 3.81. The van der Waals surface area contributed by atoms with Gasteiger partial charge in [0, 0.05) is 17.8 Å². The van der Waals surface area contributed by atoms with Crippen molar-refractivity contribution in [2.75, 3.05) is 11.4 Å². The molecule has 1 aliphatic heterocycles. The molecule has 0 aromatic heterocycles. The van der Waals surface area contributed by atoms with E-state index in [1.807, 2.05) is 18.2 Å². The van der Waals surface area contributed by atoms with Crippen molar-refractivity contribution in [1.29, 1.82) is 5.26 Å². The Hall–Kier alpha value is -2.02. The molecule has 0 spiro atoms. The Bertz CT molecular complexity index is 531. The second kappa shape index (κ2) is 4.93. The molecule has 4 heteroatoms. The van der Waals surface area contributed by atoms with E-state index in [0.29, 0.717) is 24.9 Å². The number of aliphatic carboxylic acids is 1. The molecule has 1 saturated heterocycles. The third-order valence-corrected chi connectivity index (χ3v) is 3.81. The molecule has 19 heavy (non-hydrogen) atoms. The number of hydrogen-bond acceptors (Lipinski definition) is 3. The standard InChI is InChI=1S/C15H18N2O2/c1-15(2)9-12(14(18)19)6-7-17(15)13-5-3-4-11(8-13)10-16/h3-5,8,12H,6-7,9H2,1-2H3,(H,18,19). The highest BCUT2D eigenvalue weighted by Crippen LogP contribution is 2.35. The molecule has 1 aliphatic rings. The van der Waals surface area contributed by atoms with Gasteiger partial charge in [-0.1, -0.05) is 6.07 Å². The lowest BCUT2D eigenvalue weighted by atomic mass is 9.82. The van der Waals surface area contributed by atoms with Gasteiger partial charge in [-0.15, -0.1) is 0 Å². The lowest BCUT2D eigenvalue weighted by Crippen LogP contribution is -2.51. The molecular weight excluding hydrogens is 240 g/mol. The van der Waals surface area contributed by atoms with Crippen LogP contribution in [0.25, 0.3) is 0 Å². The lowest BCUT2D eigenvalue weighted by molar-refractivity contribution is -0.143. The molecule has 4 nitrogen and oxygen atoms in total. The van der Waals surface area contributed by atoms with E-state index < -0.39 is 5.97 Å². The number of anilines is 1. The molecule has 1 fully saturated rings. The Morgan fingerprint density at radius 1 is 1.53 bits per heavy atom. The van der Waals surface area contributed by atoms with Gasteiger partial charge in [0.15, 0.2) is 0 Å². The first-order valence-corrected chi connectivity index (χ1v) is 6.44. The molecule has 1 atom stereocenters. The Labute approximate surface area is 113 Å².